The highest BCUT2D eigenvalue weighted by Gasteiger charge is 2.23. The van der Waals surface area contributed by atoms with Crippen LogP contribution in [0.25, 0.3) is 0 Å². The largest absolute Gasteiger partial charge is 0.478 e. The number of rotatable bonds is 7. The summed E-state index contributed by atoms with van der Waals surface area (Å²) in [6, 6.07) is 21.0. The molecule has 0 saturated heterocycles. The van der Waals surface area contributed by atoms with Gasteiger partial charge < -0.3 is 14.6 Å². The SMILES string of the molecule is O=C(O)[C@@H](Cc1cc(Cl)ccc1Oc1ccccc1)Oc1ccccc1Cl. The van der Waals surface area contributed by atoms with Crippen molar-refractivity contribution in [2.75, 3.05) is 0 Å². The van der Waals surface area contributed by atoms with E-state index in [1.54, 1.807) is 42.5 Å². The monoisotopic (exact) mass is 402 g/mol. The number of benzene rings is 3. The Labute approximate surface area is 166 Å². The molecule has 0 fully saturated rings. The van der Waals surface area contributed by atoms with Crippen LogP contribution in [0.3, 0.4) is 0 Å². The number of ether oxygens (including phenoxy) is 2. The molecule has 0 aliphatic rings. The number of carbonyl (C=O) groups is 1. The van der Waals surface area contributed by atoms with Crippen LogP contribution >= 0.6 is 23.2 Å². The Morgan fingerprint density at radius 1 is 0.926 bits per heavy atom. The van der Waals surface area contributed by atoms with Gasteiger partial charge >= 0.3 is 5.97 Å². The second-order valence-electron chi connectivity index (χ2n) is 5.75. The Kier molecular flexibility index (Phi) is 6.22. The van der Waals surface area contributed by atoms with Gasteiger partial charge in [-0.05, 0) is 42.5 Å². The van der Waals surface area contributed by atoms with Crippen molar-refractivity contribution in [1.29, 1.82) is 0 Å². The Morgan fingerprint density at radius 3 is 2.33 bits per heavy atom. The van der Waals surface area contributed by atoms with Gasteiger partial charge in [0.25, 0.3) is 0 Å². The minimum absolute atomic E-state index is 0.0588. The van der Waals surface area contributed by atoms with E-state index in [1.165, 1.54) is 0 Å². The predicted molar refractivity (Wildman–Crippen MR) is 105 cm³/mol. The molecule has 1 N–H and O–H groups in total. The Bertz CT molecular complexity index is 928. The van der Waals surface area contributed by atoms with Gasteiger partial charge in [-0.15, -0.1) is 0 Å². The van der Waals surface area contributed by atoms with Crippen molar-refractivity contribution in [1.82, 2.24) is 0 Å². The second-order valence-corrected chi connectivity index (χ2v) is 6.59. The molecule has 0 aliphatic heterocycles. The van der Waals surface area contributed by atoms with Crippen molar-refractivity contribution in [2.45, 2.75) is 12.5 Å². The molecule has 0 aromatic heterocycles. The van der Waals surface area contributed by atoms with Crippen molar-refractivity contribution in [3.05, 3.63) is 88.4 Å². The first-order chi connectivity index (χ1) is 13.0. The Balaban J connectivity index is 1.86. The molecular formula is C21H16Cl2O4. The topological polar surface area (TPSA) is 55.8 Å². The Morgan fingerprint density at radius 2 is 1.63 bits per heavy atom. The van der Waals surface area contributed by atoms with Crippen LogP contribution in [0.1, 0.15) is 5.56 Å². The van der Waals surface area contributed by atoms with Crippen molar-refractivity contribution in [2.24, 2.45) is 0 Å². The summed E-state index contributed by atoms with van der Waals surface area (Å²) in [5.41, 5.74) is 0.616. The molecule has 6 heteroatoms. The van der Waals surface area contributed by atoms with Crippen molar-refractivity contribution >= 4 is 29.2 Å². The molecule has 138 valence electrons. The molecule has 0 unspecified atom stereocenters. The number of hydrogen-bond donors (Lipinski definition) is 1. The van der Waals surface area contributed by atoms with Gasteiger partial charge in [-0.1, -0.05) is 53.5 Å². The molecule has 4 nitrogen and oxygen atoms in total. The number of aliphatic carboxylic acids is 1. The van der Waals surface area contributed by atoms with E-state index < -0.39 is 12.1 Å². The summed E-state index contributed by atoms with van der Waals surface area (Å²) >= 11 is 12.2. The number of carboxylic acids is 1. The number of para-hydroxylation sites is 2. The first-order valence-electron chi connectivity index (χ1n) is 8.18. The molecule has 0 bridgehead atoms. The number of halogens is 2. The standard InChI is InChI=1S/C21H16Cl2O4/c22-15-10-11-18(26-16-6-2-1-3-7-16)14(12-15)13-20(21(24)25)27-19-9-5-4-8-17(19)23/h1-12,20H,13H2,(H,24,25)/t20-/m1/s1. The van der Waals surface area contributed by atoms with Crippen LogP contribution in [0, 0.1) is 0 Å². The minimum atomic E-state index is -1.15. The molecule has 0 saturated carbocycles. The van der Waals surface area contributed by atoms with Gasteiger partial charge in [-0.25, -0.2) is 4.79 Å². The molecule has 3 rings (SSSR count). The van der Waals surface area contributed by atoms with Crippen LogP contribution in [0.15, 0.2) is 72.8 Å². The molecule has 3 aromatic carbocycles. The fourth-order valence-corrected chi connectivity index (χ4v) is 2.87. The summed E-state index contributed by atoms with van der Waals surface area (Å²) in [5, 5.41) is 10.4. The number of hydrogen-bond acceptors (Lipinski definition) is 3. The summed E-state index contributed by atoms with van der Waals surface area (Å²) in [6.07, 6.45) is -1.09. The van der Waals surface area contributed by atoms with Crippen LogP contribution < -0.4 is 9.47 Å². The zero-order valence-corrected chi connectivity index (χ0v) is 15.7. The van der Waals surface area contributed by atoms with Gasteiger partial charge in [0, 0.05) is 17.0 Å². The Hall–Kier alpha value is -2.69. The highest BCUT2D eigenvalue weighted by molar-refractivity contribution is 6.32. The average Bonchev–Trinajstić information content (AvgIpc) is 2.66. The third kappa shape index (κ3) is 5.16. The van der Waals surface area contributed by atoms with E-state index in [0.717, 1.165) is 0 Å². The summed E-state index contributed by atoms with van der Waals surface area (Å²) < 4.78 is 11.5. The lowest BCUT2D eigenvalue weighted by atomic mass is 10.1. The molecule has 0 aliphatic carbocycles. The third-order valence-electron chi connectivity index (χ3n) is 3.78. The van der Waals surface area contributed by atoms with Gasteiger partial charge in [-0.2, -0.15) is 0 Å². The van der Waals surface area contributed by atoms with Gasteiger partial charge in [0.15, 0.2) is 6.10 Å². The minimum Gasteiger partial charge on any atom is -0.478 e. The van der Waals surface area contributed by atoms with Gasteiger partial charge in [-0.3, -0.25) is 0 Å². The van der Waals surface area contributed by atoms with Crippen LogP contribution in [0.5, 0.6) is 17.2 Å². The highest BCUT2D eigenvalue weighted by Crippen LogP contribution is 2.30. The van der Waals surface area contributed by atoms with Crippen molar-refractivity contribution < 1.29 is 19.4 Å². The third-order valence-corrected chi connectivity index (χ3v) is 4.33. The maximum absolute atomic E-state index is 11.7. The van der Waals surface area contributed by atoms with Gasteiger partial charge in [0.2, 0.25) is 0 Å². The molecule has 0 radical (unpaired) electrons. The molecular weight excluding hydrogens is 387 g/mol. The maximum Gasteiger partial charge on any atom is 0.345 e. The van der Waals surface area contributed by atoms with E-state index in [2.05, 4.69) is 0 Å². The zero-order valence-electron chi connectivity index (χ0n) is 14.1. The van der Waals surface area contributed by atoms with Crippen molar-refractivity contribution in [3.8, 4) is 17.2 Å². The van der Waals surface area contributed by atoms with Gasteiger partial charge in [0.1, 0.15) is 17.2 Å². The quantitative estimate of drug-likeness (QED) is 0.537. The summed E-state index contributed by atoms with van der Waals surface area (Å²) in [4.78, 5) is 11.7. The van der Waals surface area contributed by atoms with Crippen LogP contribution in [0.2, 0.25) is 10.0 Å². The summed E-state index contributed by atoms with van der Waals surface area (Å²) in [6.45, 7) is 0. The summed E-state index contributed by atoms with van der Waals surface area (Å²) in [5.74, 6) is 0.347. The molecule has 0 amide bonds. The van der Waals surface area contributed by atoms with E-state index in [0.29, 0.717) is 32.9 Å². The second kappa shape index (κ2) is 8.80. The van der Waals surface area contributed by atoms with Gasteiger partial charge in [0.05, 0.1) is 5.02 Å². The normalized spacial score (nSPS) is 11.6. The lowest BCUT2D eigenvalue weighted by molar-refractivity contribution is -0.145. The zero-order chi connectivity index (χ0) is 19.2. The molecule has 27 heavy (non-hydrogen) atoms. The molecule has 0 spiro atoms. The summed E-state index contributed by atoms with van der Waals surface area (Å²) in [7, 11) is 0. The fourth-order valence-electron chi connectivity index (χ4n) is 2.50. The predicted octanol–water partition coefficient (Wildman–Crippen LogP) is 5.86. The molecule has 3 aromatic rings. The average molecular weight is 403 g/mol. The van der Waals surface area contributed by atoms with Crippen LogP contribution in [-0.4, -0.2) is 17.2 Å². The van der Waals surface area contributed by atoms with E-state index >= 15 is 0 Å². The van der Waals surface area contributed by atoms with E-state index in [-0.39, 0.29) is 6.42 Å². The smallest absolute Gasteiger partial charge is 0.345 e. The maximum atomic E-state index is 11.7. The van der Waals surface area contributed by atoms with E-state index in [9.17, 15) is 9.90 Å². The molecule has 1 atom stereocenters. The lowest BCUT2D eigenvalue weighted by Crippen LogP contribution is -2.29. The first kappa shape index (κ1) is 19.1. The highest BCUT2D eigenvalue weighted by atomic mass is 35.5. The number of carboxylic acid groups (broad SMARTS) is 1. The van der Waals surface area contributed by atoms with E-state index in [4.69, 9.17) is 32.7 Å². The van der Waals surface area contributed by atoms with Crippen LogP contribution in [0.4, 0.5) is 0 Å². The van der Waals surface area contributed by atoms with Crippen molar-refractivity contribution in [3.63, 3.8) is 0 Å². The fraction of sp³-hybridized carbons (Fsp3) is 0.0952. The lowest BCUT2D eigenvalue weighted by Gasteiger charge is -2.18. The molecule has 0 heterocycles. The van der Waals surface area contributed by atoms with E-state index in [1.807, 2.05) is 30.3 Å². The first-order valence-corrected chi connectivity index (χ1v) is 8.94. The van der Waals surface area contributed by atoms with Crippen LogP contribution in [-0.2, 0) is 11.2 Å².